The number of nitrogens with zero attached hydrogens (tertiary/aromatic N) is 4. The van der Waals surface area contributed by atoms with Crippen LogP contribution in [0.1, 0.15) is 26.7 Å². The van der Waals surface area contributed by atoms with Gasteiger partial charge in [0.05, 0.1) is 0 Å². The molecular weight excluding hydrogens is 208 g/mol. The minimum atomic E-state index is -0.322. The normalized spacial score (nSPS) is 21.1. The maximum Gasteiger partial charge on any atom is 0.223 e. The third kappa shape index (κ3) is 2.87. The average Bonchev–Trinajstić information content (AvgIpc) is 2.57. The van der Waals surface area contributed by atoms with Crippen molar-refractivity contribution in [3.8, 4) is 0 Å². The minimum Gasteiger partial charge on any atom is -0.396 e. The summed E-state index contributed by atoms with van der Waals surface area (Å²) < 4.78 is 0. The first-order valence-corrected chi connectivity index (χ1v) is 5.43. The van der Waals surface area contributed by atoms with E-state index in [1.807, 2.05) is 13.8 Å². The molecule has 90 valence electrons. The second-order valence-electron chi connectivity index (χ2n) is 4.77. The molecule has 1 aliphatic rings. The molecule has 1 fully saturated rings. The highest BCUT2D eigenvalue weighted by Crippen LogP contribution is 2.28. The topological polar surface area (TPSA) is 89.3 Å². The summed E-state index contributed by atoms with van der Waals surface area (Å²) in [4.78, 5) is 16.3. The number of amides is 1. The third-order valence-corrected chi connectivity index (χ3v) is 3.06. The number of aliphatic hydroxyl groups is 1. The Morgan fingerprint density at radius 3 is 2.94 bits per heavy atom. The Kier molecular flexibility index (Phi) is 4.15. The standard InChI is InChI=1S/C10H18N4O2/c1-10(2,3-4-15)14-7-8(5-9(14)16)6-12-13-11/h8,15H,3-7H2,1-2H3. The molecule has 1 atom stereocenters. The summed E-state index contributed by atoms with van der Waals surface area (Å²) in [6, 6.07) is 0. The fourth-order valence-electron chi connectivity index (χ4n) is 2.05. The van der Waals surface area contributed by atoms with Crippen molar-refractivity contribution in [2.75, 3.05) is 19.7 Å². The maximum absolute atomic E-state index is 11.8. The van der Waals surface area contributed by atoms with Crippen LogP contribution in [0.2, 0.25) is 0 Å². The van der Waals surface area contributed by atoms with Crippen LogP contribution < -0.4 is 0 Å². The second-order valence-corrected chi connectivity index (χ2v) is 4.77. The lowest BCUT2D eigenvalue weighted by Gasteiger charge is -2.35. The van der Waals surface area contributed by atoms with Crippen LogP contribution in [-0.2, 0) is 4.79 Å². The molecule has 0 radical (unpaired) electrons. The zero-order valence-corrected chi connectivity index (χ0v) is 9.76. The van der Waals surface area contributed by atoms with Crippen LogP contribution in [0.3, 0.4) is 0 Å². The van der Waals surface area contributed by atoms with Crippen LogP contribution in [0.4, 0.5) is 0 Å². The Morgan fingerprint density at radius 2 is 2.38 bits per heavy atom. The summed E-state index contributed by atoms with van der Waals surface area (Å²) in [5.41, 5.74) is 7.91. The number of hydrogen-bond donors (Lipinski definition) is 1. The smallest absolute Gasteiger partial charge is 0.223 e. The van der Waals surface area contributed by atoms with Crippen LogP contribution in [0, 0.1) is 5.92 Å². The third-order valence-electron chi connectivity index (χ3n) is 3.06. The highest BCUT2D eigenvalue weighted by Gasteiger charge is 2.37. The fourth-order valence-corrected chi connectivity index (χ4v) is 2.05. The number of likely N-dealkylation sites (tertiary alicyclic amines) is 1. The molecule has 0 aromatic heterocycles. The van der Waals surface area contributed by atoms with E-state index >= 15 is 0 Å². The highest BCUT2D eigenvalue weighted by atomic mass is 16.3. The predicted molar refractivity (Wildman–Crippen MR) is 59.6 cm³/mol. The van der Waals surface area contributed by atoms with Crippen molar-refractivity contribution in [3.63, 3.8) is 0 Å². The van der Waals surface area contributed by atoms with E-state index in [0.29, 0.717) is 25.9 Å². The molecule has 1 saturated heterocycles. The number of azide groups is 1. The molecule has 1 aliphatic heterocycles. The zero-order chi connectivity index (χ0) is 12.2. The van der Waals surface area contributed by atoms with Gasteiger partial charge in [0.25, 0.3) is 0 Å². The van der Waals surface area contributed by atoms with Crippen molar-refractivity contribution in [2.24, 2.45) is 11.0 Å². The van der Waals surface area contributed by atoms with Gasteiger partial charge in [-0.1, -0.05) is 5.11 Å². The largest absolute Gasteiger partial charge is 0.396 e. The molecule has 1 unspecified atom stereocenters. The van der Waals surface area contributed by atoms with E-state index in [0.717, 1.165) is 0 Å². The maximum atomic E-state index is 11.8. The number of carbonyl (C=O) groups excluding carboxylic acids is 1. The van der Waals surface area contributed by atoms with Crippen molar-refractivity contribution < 1.29 is 9.90 Å². The van der Waals surface area contributed by atoms with Gasteiger partial charge in [0.1, 0.15) is 0 Å². The fraction of sp³-hybridized carbons (Fsp3) is 0.900. The molecular formula is C10H18N4O2. The van der Waals surface area contributed by atoms with Crippen molar-refractivity contribution in [1.29, 1.82) is 0 Å². The van der Waals surface area contributed by atoms with Crippen molar-refractivity contribution in [1.82, 2.24) is 4.90 Å². The number of hydrogen-bond acceptors (Lipinski definition) is 3. The van der Waals surface area contributed by atoms with Gasteiger partial charge in [0.15, 0.2) is 0 Å². The summed E-state index contributed by atoms with van der Waals surface area (Å²) in [5.74, 6) is 0.193. The predicted octanol–water partition coefficient (Wildman–Crippen LogP) is 1.31. The van der Waals surface area contributed by atoms with E-state index in [4.69, 9.17) is 10.6 Å². The van der Waals surface area contributed by atoms with E-state index in [1.165, 1.54) is 0 Å². The minimum absolute atomic E-state index is 0.0673. The molecule has 0 aromatic carbocycles. The molecule has 0 aromatic rings. The van der Waals surface area contributed by atoms with Crippen LogP contribution in [0.5, 0.6) is 0 Å². The first-order valence-electron chi connectivity index (χ1n) is 5.43. The SMILES string of the molecule is CC(C)(CCO)N1CC(CN=[N+]=[N-])CC1=O. The first kappa shape index (κ1) is 12.8. The number of rotatable bonds is 5. The van der Waals surface area contributed by atoms with Crippen LogP contribution in [-0.4, -0.2) is 41.1 Å². The molecule has 0 bridgehead atoms. The Balaban J connectivity index is 2.63. The van der Waals surface area contributed by atoms with Gasteiger partial charge in [-0.2, -0.15) is 0 Å². The Hall–Kier alpha value is -1.26. The van der Waals surface area contributed by atoms with Gasteiger partial charge in [-0.25, -0.2) is 0 Å². The van der Waals surface area contributed by atoms with E-state index in [1.54, 1.807) is 4.90 Å². The van der Waals surface area contributed by atoms with Gasteiger partial charge in [-0.15, -0.1) is 0 Å². The monoisotopic (exact) mass is 226 g/mol. The molecule has 6 heteroatoms. The van der Waals surface area contributed by atoms with Gasteiger partial charge in [-0.3, -0.25) is 4.79 Å². The summed E-state index contributed by atoms with van der Waals surface area (Å²) in [6.07, 6.45) is 1.00. The van der Waals surface area contributed by atoms with Gasteiger partial charge in [-0.05, 0) is 31.7 Å². The molecule has 1 N–H and O–H groups in total. The van der Waals surface area contributed by atoms with E-state index in [2.05, 4.69) is 10.0 Å². The molecule has 1 amide bonds. The lowest BCUT2D eigenvalue weighted by molar-refractivity contribution is -0.132. The summed E-state index contributed by atoms with van der Waals surface area (Å²) in [7, 11) is 0. The van der Waals surface area contributed by atoms with Crippen molar-refractivity contribution in [3.05, 3.63) is 10.4 Å². The van der Waals surface area contributed by atoms with Gasteiger partial charge < -0.3 is 10.0 Å². The summed E-state index contributed by atoms with van der Waals surface area (Å²) >= 11 is 0. The molecule has 6 nitrogen and oxygen atoms in total. The van der Waals surface area contributed by atoms with Gasteiger partial charge >= 0.3 is 0 Å². The summed E-state index contributed by atoms with van der Waals surface area (Å²) in [6.45, 7) is 4.94. The molecule has 0 spiro atoms. The lowest BCUT2D eigenvalue weighted by Crippen LogP contribution is -2.45. The first-order chi connectivity index (χ1) is 7.51. The Bertz CT molecular complexity index is 310. The summed E-state index contributed by atoms with van der Waals surface area (Å²) in [5, 5.41) is 12.5. The van der Waals surface area contributed by atoms with E-state index < -0.39 is 0 Å². The number of carbonyl (C=O) groups is 1. The second kappa shape index (κ2) is 5.18. The van der Waals surface area contributed by atoms with Crippen molar-refractivity contribution in [2.45, 2.75) is 32.2 Å². The molecule has 0 aliphatic carbocycles. The highest BCUT2D eigenvalue weighted by molar-refractivity contribution is 5.79. The van der Waals surface area contributed by atoms with E-state index in [-0.39, 0.29) is 24.0 Å². The van der Waals surface area contributed by atoms with Gasteiger partial charge in [0, 0.05) is 36.6 Å². The van der Waals surface area contributed by atoms with Crippen LogP contribution in [0.15, 0.2) is 5.11 Å². The van der Waals surface area contributed by atoms with E-state index in [9.17, 15) is 4.79 Å². The Morgan fingerprint density at radius 1 is 1.69 bits per heavy atom. The quantitative estimate of drug-likeness (QED) is 0.435. The Labute approximate surface area is 94.9 Å². The zero-order valence-electron chi connectivity index (χ0n) is 9.76. The average molecular weight is 226 g/mol. The van der Waals surface area contributed by atoms with Gasteiger partial charge in [0.2, 0.25) is 5.91 Å². The molecule has 1 heterocycles. The van der Waals surface area contributed by atoms with Crippen LogP contribution in [0.25, 0.3) is 10.4 Å². The molecule has 0 saturated carbocycles. The molecule has 16 heavy (non-hydrogen) atoms. The lowest BCUT2D eigenvalue weighted by atomic mass is 9.99. The van der Waals surface area contributed by atoms with Crippen molar-refractivity contribution >= 4 is 5.91 Å². The van der Waals surface area contributed by atoms with Crippen LogP contribution >= 0.6 is 0 Å². The molecule has 1 rings (SSSR count). The number of aliphatic hydroxyl groups excluding tert-OH is 1.